The number of allylic oxidation sites excluding steroid dienone is 4. The third-order valence-corrected chi connectivity index (χ3v) is 10.6. The van der Waals surface area contributed by atoms with Crippen molar-refractivity contribution >= 4 is 23.7 Å². The van der Waals surface area contributed by atoms with E-state index in [1.165, 1.54) is 6.08 Å². The third-order valence-electron chi connectivity index (χ3n) is 10.6. The molecule has 4 aliphatic rings. The Bertz CT molecular complexity index is 1250. The smallest absolute Gasteiger partial charge is 0.450 e. The number of nitrogens with zero attached hydrogens (tertiary/aromatic N) is 1. The number of rotatable bonds is 12. The Morgan fingerprint density at radius 3 is 2.57 bits per heavy atom. The van der Waals surface area contributed by atoms with Gasteiger partial charge in [0.2, 0.25) is 5.78 Å². The summed E-state index contributed by atoms with van der Waals surface area (Å²) in [6.07, 6.45) is 3.77. The lowest BCUT2D eigenvalue weighted by molar-refractivity contribution is -0.757. The number of aliphatic hydroxyl groups is 1. The van der Waals surface area contributed by atoms with Crippen molar-refractivity contribution in [3.63, 3.8) is 0 Å². The summed E-state index contributed by atoms with van der Waals surface area (Å²) in [5, 5.41) is 21.0. The molecule has 0 aromatic heterocycles. The number of alkyl halides is 1. The first-order valence-corrected chi connectivity index (χ1v) is 15.3. The number of carbonyl (C=O) groups is 4. The summed E-state index contributed by atoms with van der Waals surface area (Å²) in [7, 11) is 0. The highest BCUT2D eigenvalue weighted by Crippen LogP contribution is 2.71. The van der Waals surface area contributed by atoms with E-state index in [0.29, 0.717) is 24.8 Å². The van der Waals surface area contributed by atoms with E-state index in [1.807, 2.05) is 13.0 Å². The van der Waals surface area contributed by atoms with Gasteiger partial charge < -0.3 is 24.2 Å². The van der Waals surface area contributed by atoms with Gasteiger partial charge in [0.1, 0.15) is 0 Å². The molecule has 0 saturated heterocycles. The standard InChI is InChI=1S/C31H42FNO11/c1-5-6-8-26(37)44-31(25(36)18-42-27(38)41-13-7-14-43-33(39)40)19(2)15-23-22-10-9-20-16-21(34)11-12-28(20,3)30(22,32)24(35)17-29(23,31)4/h9,11-12,19,22-24,35H,5-8,10,13-18H2,1-4H3/t19-,22?,23-,24-,28-,29-,30-,31-/m0/s1. The van der Waals surface area contributed by atoms with Crippen LogP contribution in [-0.4, -0.2) is 71.1 Å². The highest BCUT2D eigenvalue weighted by Gasteiger charge is 2.77. The molecule has 0 bridgehead atoms. The van der Waals surface area contributed by atoms with Gasteiger partial charge in [0.15, 0.2) is 23.7 Å². The van der Waals surface area contributed by atoms with Crippen LogP contribution >= 0.6 is 0 Å². The van der Waals surface area contributed by atoms with Gasteiger partial charge in [-0.1, -0.05) is 44.9 Å². The molecule has 0 aliphatic heterocycles. The van der Waals surface area contributed by atoms with Crippen molar-refractivity contribution < 1.29 is 52.8 Å². The van der Waals surface area contributed by atoms with Crippen molar-refractivity contribution in [2.45, 2.75) is 96.4 Å². The number of esters is 1. The quantitative estimate of drug-likeness (QED) is 0.108. The molecule has 13 heteroatoms. The summed E-state index contributed by atoms with van der Waals surface area (Å²) in [6, 6.07) is 0. The molecule has 0 radical (unpaired) electrons. The average molecular weight is 624 g/mol. The summed E-state index contributed by atoms with van der Waals surface area (Å²) in [4.78, 5) is 66.1. The Labute approximate surface area is 255 Å². The van der Waals surface area contributed by atoms with E-state index in [1.54, 1.807) is 26.8 Å². The predicted molar refractivity (Wildman–Crippen MR) is 151 cm³/mol. The van der Waals surface area contributed by atoms with Crippen LogP contribution in [0.25, 0.3) is 0 Å². The van der Waals surface area contributed by atoms with E-state index in [9.17, 15) is 34.4 Å². The van der Waals surface area contributed by atoms with Crippen LogP contribution in [0.1, 0.15) is 79.1 Å². The highest BCUT2D eigenvalue weighted by molar-refractivity contribution is 5.94. The molecule has 0 amide bonds. The second-order valence-electron chi connectivity index (χ2n) is 12.9. The fourth-order valence-electron chi connectivity index (χ4n) is 8.48. The molecular formula is C31H42FNO11. The van der Waals surface area contributed by atoms with Gasteiger partial charge in [-0.15, -0.1) is 10.1 Å². The molecule has 2 saturated carbocycles. The summed E-state index contributed by atoms with van der Waals surface area (Å²) in [5.41, 5.74) is -5.77. The van der Waals surface area contributed by atoms with Crippen molar-refractivity contribution in [1.29, 1.82) is 0 Å². The van der Waals surface area contributed by atoms with Crippen LogP contribution in [0.4, 0.5) is 9.18 Å². The van der Waals surface area contributed by atoms with Crippen LogP contribution in [0.2, 0.25) is 0 Å². The van der Waals surface area contributed by atoms with Gasteiger partial charge in [-0.05, 0) is 44.6 Å². The predicted octanol–water partition coefficient (Wildman–Crippen LogP) is 4.40. The molecule has 8 atom stereocenters. The van der Waals surface area contributed by atoms with E-state index in [0.717, 1.165) is 0 Å². The molecule has 1 N–H and O–H groups in total. The summed E-state index contributed by atoms with van der Waals surface area (Å²) in [6.45, 7) is 5.74. The number of aliphatic hydroxyl groups excluding tert-OH is 1. The average Bonchev–Trinajstić information content (AvgIpc) is 3.17. The Kier molecular flexibility index (Phi) is 9.58. The third kappa shape index (κ3) is 5.41. The molecule has 12 nitrogen and oxygen atoms in total. The van der Waals surface area contributed by atoms with Crippen LogP contribution in [-0.2, 0) is 33.4 Å². The molecule has 0 aromatic carbocycles. The minimum atomic E-state index is -2.14. The number of fused-ring (bicyclic) bond motifs is 5. The second-order valence-corrected chi connectivity index (χ2v) is 12.9. The molecule has 0 heterocycles. The Morgan fingerprint density at radius 2 is 1.89 bits per heavy atom. The first kappa shape index (κ1) is 33.5. The molecule has 244 valence electrons. The molecule has 4 rings (SSSR count). The molecule has 0 spiro atoms. The van der Waals surface area contributed by atoms with E-state index >= 15 is 4.39 Å². The topological polar surface area (TPSA) is 169 Å². The lowest BCUT2D eigenvalue weighted by Crippen LogP contribution is -2.69. The maximum atomic E-state index is 17.6. The first-order chi connectivity index (χ1) is 20.7. The van der Waals surface area contributed by atoms with Gasteiger partial charge in [-0.3, -0.25) is 14.4 Å². The van der Waals surface area contributed by atoms with Gasteiger partial charge in [-0.25, -0.2) is 9.18 Å². The lowest BCUT2D eigenvalue weighted by Gasteiger charge is -2.62. The Balaban J connectivity index is 1.63. The van der Waals surface area contributed by atoms with E-state index in [4.69, 9.17) is 14.2 Å². The van der Waals surface area contributed by atoms with E-state index in [2.05, 4.69) is 4.84 Å². The van der Waals surface area contributed by atoms with Crippen LogP contribution in [0.15, 0.2) is 23.8 Å². The number of ketones is 2. The van der Waals surface area contributed by atoms with E-state index in [-0.39, 0.29) is 51.1 Å². The number of halogens is 1. The largest absolute Gasteiger partial charge is 0.508 e. The van der Waals surface area contributed by atoms with Gasteiger partial charge in [0.25, 0.3) is 5.09 Å². The maximum absolute atomic E-state index is 17.6. The van der Waals surface area contributed by atoms with Gasteiger partial charge in [0.05, 0.1) is 19.3 Å². The monoisotopic (exact) mass is 623 g/mol. The highest BCUT2D eigenvalue weighted by atomic mass is 19.1. The van der Waals surface area contributed by atoms with Crippen molar-refractivity contribution in [1.82, 2.24) is 0 Å². The molecular weight excluding hydrogens is 581 g/mol. The number of hydrogen-bond acceptors (Lipinski definition) is 11. The first-order valence-electron chi connectivity index (χ1n) is 15.3. The number of carbonyl (C=O) groups excluding carboxylic acids is 4. The SMILES string of the molecule is CCCCC(=O)O[C@]1(C(=O)COC(=O)OCCCO[N+](=O)[O-])[C@@H](C)C[C@H]2C3CC=C4CC(=O)C=C[C@]4(C)[C@@]3(F)[C@@H](O)C[C@@]21C. The van der Waals surface area contributed by atoms with Crippen molar-refractivity contribution in [2.24, 2.45) is 28.6 Å². The van der Waals surface area contributed by atoms with Crippen molar-refractivity contribution in [2.75, 3.05) is 19.8 Å². The van der Waals surface area contributed by atoms with Gasteiger partial charge in [0, 0.05) is 41.9 Å². The zero-order chi connectivity index (χ0) is 32.5. The fraction of sp³-hybridized carbons (Fsp3) is 0.742. The van der Waals surface area contributed by atoms with Crippen LogP contribution in [0.5, 0.6) is 0 Å². The van der Waals surface area contributed by atoms with Crippen LogP contribution < -0.4 is 0 Å². The lowest BCUT2D eigenvalue weighted by atomic mass is 9.45. The summed E-state index contributed by atoms with van der Waals surface area (Å²) < 4.78 is 33.7. The number of Topliss-reactive ketones (excluding diaryl/α,β-unsaturated/α-hetero) is 1. The Morgan fingerprint density at radius 1 is 1.16 bits per heavy atom. The number of ether oxygens (including phenoxy) is 3. The van der Waals surface area contributed by atoms with Crippen molar-refractivity contribution in [3.05, 3.63) is 33.9 Å². The summed E-state index contributed by atoms with van der Waals surface area (Å²) in [5.74, 6) is -3.29. The zero-order valence-corrected chi connectivity index (χ0v) is 25.7. The second kappa shape index (κ2) is 12.6. The molecule has 1 unspecified atom stereocenters. The molecule has 0 aromatic rings. The van der Waals surface area contributed by atoms with E-state index < -0.39 is 75.6 Å². The molecule has 44 heavy (non-hydrogen) atoms. The zero-order valence-electron chi connectivity index (χ0n) is 25.7. The number of hydrogen-bond donors (Lipinski definition) is 1. The minimum Gasteiger partial charge on any atom is -0.450 e. The Hall–Kier alpha value is -3.35. The van der Waals surface area contributed by atoms with Crippen LogP contribution in [0.3, 0.4) is 0 Å². The van der Waals surface area contributed by atoms with Crippen LogP contribution in [0, 0.1) is 38.7 Å². The fourth-order valence-corrected chi connectivity index (χ4v) is 8.48. The van der Waals surface area contributed by atoms with Gasteiger partial charge >= 0.3 is 12.1 Å². The molecule has 2 fully saturated rings. The van der Waals surface area contributed by atoms with Crippen molar-refractivity contribution in [3.8, 4) is 0 Å². The summed E-state index contributed by atoms with van der Waals surface area (Å²) >= 11 is 0. The number of unbranched alkanes of at least 4 members (excludes halogenated alkanes) is 1. The maximum Gasteiger partial charge on any atom is 0.508 e. The normalized spacial score (nSPS) is 37.1. The molecule has 4 aliphatic carbocycles. The van der Waals surface area contributed by atoms with Gasteiger partial charge in [-0.2, -0.15) is 0 Å². The minimum absolute atomic E-state index is 0.0163.